The van der Waals surface area contributed by atoms with Gasteiger partial charge >= 0.3 is 5.97 Å². The highest BCUT2D eigenvalue weighted by molar-refractivity contribution is 7.98. The number of hydrogen-bond acceptors (Lipinski definition) is 8. The number of amides is 3. The van der Waals surface area contributed by atoms with Crippen molar-refractivity contribution in [3.8, 4) is 0 Å². The molecule has 1 aliphatic heterocycles. The topological polar surface area (TPSA) is 188 Å². The maximum atomic E-state index is 13.2. The standard InChI is InChI=1S/C20H37N5O6S/c1-12(26)16(20(30)31)24-18(28)15-7-5-10-25(15)19(29)14(8-11-32-2)23-17(27)13(22)6-3-4-9-21/h12-16,26H,3-11,21-22H2,1-2H3,(H,23,27)(H,24,28)(H,30,31). The summed E-state index contributed by atoms with van der Waals surface area (Å²) >= 11 is 1.52. The zero-order valence-corrected chi connectivity index (χ0v) is 19.6. The molecule has 184 valence electrons. The van der Waals surface area contributed by atoms with Gasteiger partial charge in [0.1, 0.15) is 12.1 Å². The number of unbranched alkanes of at least 4 members (excludes halogenated alkanes) is 1. The number of carboxylic acids is 1. The third kappa shape index (κ3) is 8.57. The third-order valence-electron chi connectivity index (χ3n) is 5.42. The molecular weight excluding hydrogens is 438 g/mol. The van der Waals surface area contributed by atoms with Crippen molar-refractivity contribution in [3.05, 3.63) is 0 Å². The first-order chi connectivity index (χ1) is 15.1. The van der Waals surface area contributed by atoms with Crippen molar-refractivity contribution in [3.63, 3.8) is 0 Å². The molecule has 12 heteroatoms. The van der Waals surface area contributed by atoms with Crippen molar-refractivity contribution in [1.82, 2.24) is 15.5 Å². The third-order valence-corrected chi connectivity index (χ3v) is 6.06. The second-order valence-corrected chi connectivity index (χ2v) is 8.97. The molecule has 11 nitrogen and oxygen atoms in total. The molecule has 1 saturated heterocycles. The van der Waals surface area contributed by atoms with E-state index in [1.54, 1.807) is 0 Å². The van der Waals surface area contributed by atoms with Gasteiger partial charge in [-0.3, -0.25) is 14.4 Å². The van der Waals surface area contributed by atoms with Crippen LogP contribution in [-0.4, -0.2) is 94.2 Å². The van der Waals surface area contributed by atoms with Crippen LogP contribution in [0, 0.1) is 0 Å². The second-order valence-electron chi connectivity index (χ2n) is 7.99. The van der Waals surface area contributed by atoms with Gasteiger partial charge < -0.3 is 37.2 Å². The quantitative estimate of drug-likeness (QED) is 0.165. The first-order valence-corrected chi connectivity index (χ1v) is 12.3. The number of carboxylic acid groups (broad SMARTS) is 1. The van der Waals surface area contributed by atoms with E-state index >= 15 is 0 Å². The fourth-order valence-corrected chi connectivity index (χ4v) is 4.02. The van der Waals surface area contributed by atoms with Gasteiger partial charge in [-0.05, 0) is 57.6 Å². The number of nitrogens with zero attached hydrogens (tertiary/aromatic N) is 1. The summed E-state index contributed by atoms with van der Waals surface area (Å²) in [6, 6.07) is -3.93. The summed E-state index contributed by atoms with van der Waals surface area (Å²) < 4.78 is 0. The van der Waals surface area contributed by atoms with E-state index in [9.17, 15) is 29.4 Å². The molecule has 1 heterocycles. The number of carbonyl (C=O) groups is 4. The van der Waals surface area contributed by atoms with Crippen molar-refractivity contribution >= 4 is 35.5 Å². The molecular formula is C20H37N5O6S. The van der Waals surface area contributed by atoms with Gasteiger partial charge in [-0.25, -0.2) is 4.79 Å². The average Bonchev–Trinajstić information content (AvgIpc) is 3.23. The highest BCUT2D eigenvalue weighted by Gasteiger charge is 2.39. The van der Waals surface area contributed by atoms with Gasteiger partial charge in [-0.15, -0.1) is 0 Å². The Bertz CT molecular complexity index is 650. The minimum atomic E-state index is -1.47. The van der Waals surface area contributed by atoms with E-state index in [1.165, 1.54) is 23.6 Å². The highest BCUT2D eigenvalue weighted by Crippen LogP contribution is 2.20. The first-order valence-electron chi connectivity index (χ1n) is 10.9. The fourth-order valence-electron chi connectivity index (χ4n) is 3.55. The number of aliphatic hydroxyl groups excluding tert-OH is 1. The van der Waals surface area contributed by atoms with Crippen LogP contribution in [0.25, 0.3) is 0 Å². The largest absolute Gasteiger partial charge is 0.480 e. The van der Waals surface area contributed by atoms with Crippen molar-refractivity contribution in [1.29, 1.82) is 0 Å². The van der Waals surface area contributed by atoms with Crippen LogP contribution < -0.4 is 22.1 Å². The Hall–Kier alpha value is -1.89. The smallest absolute Gasteiger partial charge is 0.328 e. The van der Waals surface area contributed by atoms with Crippen LogP contribution >= 0.6 is 11.8 Å². The van der Waals surface area contributed by atoms with E-state index in [0.29, 0.717) is 50.9 Å². The summed E-state index contributed by atoms with van der Waals surface area (Å²) in [6.45, 7) is 2.10. The lowest BCUT2D eigenvalue weighted by molar-refractivity contribution is -0.147. The Morgan fingerprint density at radius 1 is 1.19 bits per heavy atom. The summed E-state index contributed by atoms with van der Waals surface area (Å²) in [7, 11) is 0. The van der Waals surface area contributed by atoms with E-state index < -0.39 is 54.0 Å². The number of likely N-dealkylation sites (tertiary alicyclic amines) is 1. The molecule has 0 saturated carbocycles. The number of hydrogen-bond donors (Lipinski definition) is 6. The number of rotatable bonds is 14. The molecule has 0 radical (unpaired) electrons. The molecule has 0 aromatic rings. The van der Waals surface area contributed by atoms with Crippen molar-refractivity contribution in [2.24, 2.45) is 11.5 Å². The number of carbonyl (C=O) groups excluding carboxylic acids is 3. The summed E-state index contributed by atoms with van der Waals surface area (Å²) in [5.74, 6) is -2.22. The molecule has 32 heavy (non-hydrogen) atoms. The minimum Gasteiger partial charge on any atom is -0.480 e. The maximum Gasteiger partial charge on any atom is 0.328 e. The number of nitrogens with two attached hydrogens (primary N) is 2. The lowest BCUT2D eigenvalue weighted by Crippen LogP contribution is -2.58. The lowest BCUT2D eigenvalue weighted by atomic mass is 10.1. The second kappa shape index (κ2) is 14.3. The number of aliphatic hydroxyl groups is 1. The van der Waals surface area contributed by atoms with E-state index in [-0.39, 0.29) is 0 Å². The summed E-state index contributed by atoms with van der Waals surface area (Å²) in [4.78, 5) is 51.1. The molecule has 3 amide bonds. The van der Waals surface area contributed by atoms with E-state index in [0.717, 1.165) is 6.42 Å². The normalized spacial score (nSPS) is 19.7. The van der Waals surface area contributed by atoms with Crippen LogP contribution in [0.1, 0.15) is 45.4 Å². The SMILES string of the molecule is CSCCC(NC(=O)C(N)CCCCN)C(=O)N1CCCC1C(=O)NC(C(=O)O)C(C)O. The number of aliphatic carboxylic acids is 1. The van der Waals surface area contributed by atoms with Crippen molar-refractivity contribution in [2.75, 3.05) is 25.1 Å². The molecule has 1 fully saturated rings. The van der Waals surface area contributed by atoms with Crippen LogP contribution in [0.15, 0.2) is 0 Å². The molecule has 0 bridgehead atoms. The molecule has 1 aliphatic rings. The van der Waals surface area contributed by atoms with Crippen molar-refractivity contribution < 1.29 is 29.4 Å². The van der Waals surface area contributed by atoms with Gasteiger partial charge in [0.15, 0.2) is 6.04 Å². The summed E-state index contributed by atoms with van der Waals surface area (Å²) in [5.41, 5.74) is 11.4. The molecule has 1 rings (SSSR count). The van der Waals surface area contributed by atoms with Gasteiger partial charge in [0.2, 0.25) is 17.7 Å². The van der Waals surface area contributed by atoms with Gasteiger partial charge in [0.05, 0.1) is 12.1 Å². The Kier molecular flexibility index (Phi) is 12.6. The van der Waals surface area contributed by atoms with E-state index in [4.69, 9.17) is 11.5 Å². The number of nitrogens with one attached hydrogen (secondary N) is 2. The van der Waals surface area contributed by atoms with Crippen LogP contribution in [-0.2, 0) is 19.2 Å². The summed E-state index contributed by atoms with van der Waals surface area (Å²) in [5, 5.41) is 23.9. The van der Waals surface area contributed by atoms with Crippen LogP contribution in [0.5, 0.6) is 0 Å². The Balaban J connectivity index is 2.87. The zero-order chi connectivity index (χ0) is 24.3. The van der Waals surface area contributed by atoms with Crippen LogP contribution in [0.3, 0.4) is 0 Å². The van der Waals surface area contributed by atoms with Crippen LogP contribution in [0.2, 0.25) is 0 Å². The Morgan fingerprint density at radius 3 is 2.44 bits per heavy atom. The maximum absolute atomic E-state index is 13.2. The molecule has 0 aliphatic carbocycles. The summed E-state index contributed by atoms with van der Waals surface area (Å²) in [6.07, 6.45) is 3.81. The lowest BCUT2D eigenvalue weighted by Gasteiger charge is -2.30. The number of thioether (sulfide) groups is 1. The average molecular weight is 476 g/mol. The molecule has 0 aromatic heterocycles. The predicted molar refractivity (Wildman–Crippen MR) is 122 cm³/mol. The monoisotopic (exact) mass is 475 g/mol. The Morgan fingerprint density at radius 2 is 1.88 bits per heavy atom. The fraction of sp³-hybridized carbons (Fsp3) is 0.800. The van der Waals surface area contributed by atoms with Crippen LogP contribution in [0.4, 0.5) is 0 Å². The van der Waals surface area contributed by atoms with Gasteiger partial charge in [-0.2, -0.15) is 11.8 Å². The van der Waals surface area contributed by atoms with Gasteiger partial charge in [-0.1, -0.05) is 6.42 Å². The molecule has 0 aromatic carbocycles. The van der Waals surface area contributed by atoms with Gasteiger partial charge in [0.25, 0.3) is 0 Å². The molecule has 5 atom stereocenters. The highest BCUT2D eigenvalue weighted by atomic mass is 32.2. The van der Waals surface area contributed by atoms with E-state index in [2.05, 4.69) is 10.6 Å². The zero-order valence-electron chi connectivity index (χ0n) is 18.8. The molecule has 0 spiro atoms. The predicted octanol–water partition coefficient (Wildman–Crippen LogP) is -1.38. The van der Waals surface area contributed by atoms with Gasteiger partial charge in [0, 0.05) is 6.54 Å². The van der Waals surface area contributed by atoms with E-state index in [1.807, 2.05) is 6.26 Å². The molecule has 8 N–H and O–H groups in total. The molecule has 5 unspecified atom stereocenters. The Labute approximate surface area is 193 Å². The first kappa shape index (κ1) is 28.1. The minimum absolute atomic E-state index is 0.317. The van der Waals surface area contributed by atoms with Crippen molar-refractivity contribution in [2.45, 2.75) is 75.7 Å².